The Morgan fingerprint density at radius 3 is 2.29 bits per heavy atom. The van der Waals surface area contributed by atoms with Crippen molar-refractivity contribution in [3.63, 3.8) is 0 Å². The summed E-state index contributed by atoms with van der Waals surface area (Å²) in [4.78, 5) is 37.4. The molecule has 3 amide bonds. The molecule has 24 heavy (non-hydrogen) atoms. The number of rotatable bonds is 3. The molecule has 9 heteroatoms. The van der Waals surface area contributed by atoms with E-state index in [-0.39, 0.29) is 32.0 Å². The second-order valence-corrected chi connectivity index (χ2v) is 5.64. The Kier molecular flexibility index (Phi) is 3.94. The van der Waals surface area contributed by atoms with Gasteiger partial charge in [0.1, 0.15) is 0 Å². The summed E-state index contributed by atoms with van der Waals surface area (Å²) in [5.74, 6) is -0.703. The number of carbonyl (C=O) groups is 3. The first-order chi connectivity index (χ1) is 11.3. The van der Waals surface area contributed by atoms with Crippen molar-refractivity contribution in [2.75, 3.05) is 19.7 Å². The Morgan fingerprint density at radius 1 is 1.17 bits per heavy atom. The number of hydrogen-bond acceptors (Lipinski definition) is 4. The van der Waals surface area contributed by atoms with Crippen molar-refractivity contribution in [1.82, 2.24) is 9.80 Å². The highest BCUT2D eigenvalue weighted by Gasteiger charge is 2.44. The van der Waals surface area contributed by atoms with E-state index in [1.165, 1.54) is 17.0 Å². The molecule has 0 aromatic heterocycles. The van der Waals surface area contributed by atoms with Crippen LogP contribution >= 0.6 is 0 Å². The van der Waals surface area contributed by atoms with Gasteiger partial charge in [0.15, 0.2) is 6.61 Å². The molecular formula is C15H13F3N2O4. The largest absolute Gasteiger partial charge is 0.439 e. The zero-order valence-corrected chi connectivity index (χ0v) is 12.4. The molecule has 2 aliphatic rings. The van der Waals surface area contributed by atoms with Crippen LogP contribution in [0.5, 0.6) is 0 Å². The normalized spacial score (nSPS) is 18.6. The second kappa shape index (κ2) is 5.81. The molecule has 0 bridgehead atoms. The Labute approximate surface area is 134 Å². The number of halogens is 3. The first-order valence-electron chi connectivity index (χ1n) is 7.18. The fourth-order valence-electron chi connectivity index (χ4n) is 2.64. The van der Waals surface area contributed by atoms with E-state index in [9.17, 15) is 27.6 Å². The number of nitrogens with zero attached hydrogens (tertiary/aromatic N) is 2. The lowest BCUT2D eigenvalue weighted by Crippen LogP contribution is -2.62. The summed E-state index contributed by atoms with van der Waals surface area (Å²) in [6, 6.07) is 3.99. The van der Waals surface area contributed by atoms with Gasteiger partial charge in [-0.3, -0.25) is 9.59 Å². The van der Waals surface area contributed by atoms with E-state index in [0.717, 1.165) is 17.0 Å². The van der Waals surface area contributed by atoms with Crippen molar-refractivity contribution >= 4 is 17.9 Å². The molecule has 3 rings (SSSR count). The van der Waals surface area contributed by atoms with Crippen molar-refractivity contribution in [3.8, 4) is 0 Å². The van der Waals surface area contributed by atoms with Crippen LogP contribution < -0.4 is 0 Å². The van der Waals surface area contributed by atoms with Gasteiger partial charge in [-0.1, -0.05) is 12.1 Å². The van der Waals surface area contributed by atoms with Gasteiger partial charge in [-0.2, -0.15) is 13.2 Å². The molecule has 2 heterocycles. The van der Waals surface area contributed by atoms with E-state index >= 15 is 0 Å². The number of cyclic esters (lactones) is 1. The fraction of sp³-hybridized carbons (Fsp3) is 0.400. The van der Waals surface area contributed by atoms with Crippen LogP contribution in [0.2, 0.25) is 0 Å². The highest BCUT2D eigenvalue weighted by atomic mass is 19.4. The van der Waals surface area contributed by atoms with Gasteiger partial charge in [-0.25, -0.2) is 9.69 Å². The molecule has 1 aromatic carbocycles. The molecule has 0 atom stereocenters. The summed E-state index contributed by atoms with van der Waals surface area (Å²) >= 11 is 0. The Balaban J connectivity index is 1.54. The van der Waals surface area contributed by atoms with Gasteiger partial charge in [-0.05, 0) is 17.7 Å². The lowest BCUT2D eigenvalue weighted by molar-refractivity contribution is -0.141. The molecule has 0 radical (unpaired) electrons. The lowest BCUT2D eigenvalue weighted by Gasteiger charge is -2.42. The van der Waals surface area contributed by atoms with Gasteiger partial charge in [-0.15, -0.1) is 0 Å². The van der Waals surface area contributed by atoms with Crippen molar-refractivity contribution in [2.24, 2.45) is 0 Å². The number of imide groups is 1. The van der Waals surface area contributed by atoms with Crippen molar-refractivity contribution in [1.29, 1.82) is 0 Å². The van der Waals surface area contributed by atoms with Crippen molar-refractivity contribution in [2.45, 2.75) is 18.6 Å². The van der Waals surface area contributed by atoms with Crippen LogP contribution in [0, 0.1) is 0 Å². The molecule has 2 fully saturated rings. The zero-order chi connectivity index (χ0) is 17.5. The quantitative estimate of drug-likeness (QED) is 0.834. The third-order valence-corrected chi connectivity index (χ3v) is 4.00. The SMILES string of the molecule is O=C(Cc1ccc(C(F)(F)F)cc1)N1CC(N2C(=O)COC2=O)C1. The van der Waals surface area contributed by atoms with Crippen LogP contribution in [0.15, 0.2) is 24.3 Å². The number of hydrogen-bond donors (Lipinski definition) is 0. The molecule has 0 saturated carbocycles. The molecule has 128 valence electrons. The zero-order valence-electron chi connectivity index (χ0n) is 12.4. The molecule has 0 N–H and O–H groups in total. The summed E-state index contributed by atoms with van der Waals surface area (Å²) in [7, 11) is 0. The minimum absolute atomic E-state index is 0.0384. The molecule has 0 unspecified atom stereocenters. The number of carbonyl (C=O) groups excluding carboxylic acids is 3. The van der Waals surface area contributed by atoms with Crippen LogP contribution in [0.3, 0.4) is 0 Å². The highest BCUT2D eigenvalue weighted by Crippen LogP contribution is 2.29. The van der Waals surface area contributed by atoms with Crippen LogP contribution in [0.4, 0.5) is 18.0 Å². The van der Waals surface area contributed by atoms with E-state index in [4.69, 9.17) is 0 Å². The lowest BCUT2D eigenvalue weighted by atomic mass is 10.0. The van der Waals surface area contributed by atoms with Gasteiger partial charge < -0.3 is 9.64 Å². The summed E-state index contributed by atoms with van der Waals surface area (Å²) in [6.45, 7) is 0.134. The first kappa shape index (κ1) is 16.3. The summed E-state index contributed by atoms with van der Waals surface area (Å²) in [5, 5.41) is 0. The number of benzene rings is 1. The van der Waals surface area contributed by atoms with Crippen LogP contribution in [-0.4, -0.2) is 53.4 Å². The van der Waals surface area contributed by atoms with Gasteiger partial charge in [0, 0.05) is 13.1 Å². The van der Waals surface area contributed by atoms with E-state index in [1.807, 2.05) is 0 Å². The second-order valence-electron chi connectivity index (χ2n) is 5.64. The first-order valence-corrected chi connectivity index (χ1v) is 7.18. The minimum atomic E-state index is -4.41. The van der Waals surface area contributed by atoms with Crippen LogP contribution in [0.25, 0.3) is 0 Å². The fourth-order valence-corrected chi connectivity index (χ4v) is 2.64. The van der Waals surface area contributed by atoms with Crippen molar-refractivity contribution in [3.05, 3.63) is 35.4 Å². The number of amides is 3. The van der Waals surface area contributed by atoms with Gasteiger partial charge in [0.05, 0.1) is 18.0 Å². The summed E-state index contributed by atoms with van der Waals surface area (Å²) in [6.07, 6.45) is -5.16. The third kappa shape index (κ3) is 3.06. The summed E-state index contributed by atoms with van der Waals surface area (Å²) < 4.78 is 42.1. The predicted molar refractivity (Wildman–Crippen MR) is 73.7 cm³/mol. The third-order valence-electron chi connectivity index (χ3n) is 4.00. The molecule has 0 aliphatic carbocycles. The highest BCUT2D eigenvalue weighted by molar-refractivity contribution is 5.98. The number of likely N-dealkylation sites (tertiary alicyclic amines) is 1. The molecular weight excluding hydrogens is 329 g/mol. The van der Waals surface area contributed by atoms with E-state index in [0.29, 0.717) is 5.56 Å². The van der Waals surface area contributed by atoms with Gasteiger partial charge in [0.25, 0.3) is 5.91 Å². The Morgan fingerprint density at radius 2 is 1.79 bits per heavy atom. The van der Waals surface area contributed by atoms with E-state index < -0.39 is 29.8 Å². The average Bonchev–Trinajstić information content (AvgIpc) is 2.77. The maximum atomic E-state index is 12.5. The minimum Gasteiger partial charge on any atom is -0.439 e. The maximum Gasteiger partial charge on any atom is 0.417 e. The predicted octanol–water partition coefficient (Wildman–Crippen LogP) is 1.44. The molecule has 1 aromatic rings. The van der Waals surface area contributed by atoms with Crippen LogP contribution in [0.1, 0.15) is 11.1 Å². The van der Waals surface area contributed by atoms with Gasteiger partial charge in [0.2, 0.25) is 5.91 Å². The van der Waals surface area contributed by atoms with Crippen molar-refractivity contribution < 1.29 is 32.3 Å². The average molecular weight is 342 g/mol. The smallest absolute Gasteiger partial charge is 0.417 e. The van der Waals surface area contributed by atoms with Gasteiger partial charge >= 0.3 is 12.3 Å². The standard InChI is InChI=1S/C15H13F3N2O4/c16-15(17,18)10-3-1-9(2-4-10)5-12(21)19-6-11(7-19)20-13(22)8-24-14(20)23/h1-4,11H,5-8H2. The topological polar surface area (TPSA) is 66.9 Å². The molecule has 2 saturated heterocycles. The molecule has 2 aliphatic heterocycles. The number of ether oxygens (including phenoxy) is 1. The molecule has 6 nitrogen and oxygen atoms in total. The Bertz CT molecular complexity index is 665. The monoisotopic (exact) mass is 342 g/mol. The van der Waals surface area contributed by atoms with E-state index in [1.54, 1.807) is 0 Å². The maximum absolute atomic E-state index is 12.5. The number of alkyl halides is 3. The summed E-state index contributed by atoms with van der Waals surface area (Å²) in [5.41, 5.74) is -0.304. The van der Waals surface area contributed by atoms with E-state index in [2.05, 4.69) is 4.74 Å². The Hall–Kier alpha value is -2.58. The van der Waals surface area contributed by atoms with Crippen LogP contribution in [-0.2, 0) is 26.9 Å². The molecule has 0 spiro atoms.